The number of halogens is 1. The highest BCUT2D eigenvalue weighted by Gasteiger charge is 2.27. The summed E-state index contributed by atoms with van der Waals surface area (Å²) in [5, 5.41) is 1.09. The van der Waals surface area contributed by atoms with Gasteiger partial charge in [-0.1, -0.05) is 29.8 Å². The lowest BCUT2D eigenvalue weighted by Crippen LogP contribution is -2.24. The number of rotatable bonds is 4. The zero-order chi connectivity index (χ0) is 9.03. The quantitative estimate of drug-likeness (QED) is 0.679. The minimum atomic E-state index is 0.439. The summed E-state index contributed by atoms with van der Waals surface area (Å²) in [5.41, 5.74) is 0.439. The van der Waals surface area contributed by atoms with Gasteiger partial charge in [0.25, 0.3) is 0 Å². The van der Waals surface area contributed by atoms with Gasteiger partial charge in [-0.3, -0.25) is 0 Å². The van der Waals surface area contributed by atoms with Crippen LogP contribution in [0.3, 0.4) is 0 Å². The van der Waals surface area contributed by atoms with Crippen molar-refractivity contribution in [3.63, 3.8) is 0 Å². The van der Waals surface area contributed by atoms with E-state index in [0.717, 1.165) is 11.9 Å². The first kappa shape index (κ1) is 10.5. The van der Waals surface area contributed by atoms with Gasteiger partial charge in [0.2, 0.25) is 0 Å². The van der Waals surface area contributed by atoms with E-state index in [9.17, 15) is 0 Å². The molecule has 1 saturated heterocycles. The van der Waals surface area contributed by atoms with Crippen LogP contribution in [0, 0.1) is 5.41 Å². The van der Waals surface area contributed by atoms with Crippen LogP contribution in [0.25, 0.3) is 0 Å². The molecule has 0 bridgehead atoms. The van der Waals surface area contributed by atoms with Crippen molar-refractivity contribution >= 4 is 15.9 Å². The van der Waals surface area contributed by atoms with Gasteiger partial charge in [0.15, 0.2) is 0 Å². The summed E-state index contributed by atoms with van der Waals surface area (Å²) >= 11 is 3.58. The predicted octanol–water partition coefficient (Wildman–Crippen LogP) is 3.37. The molecule has 0 spiro atoms. The Balaban J connectivity index is 2.35. The van der Waals surface area contributed by atoms with Gasteiger partial charge in [-0.2, -0.15) is 0 Å². The van der Waals surface area contributed by atoms with Crippen molar-refractivity contribution in [3.05, 3.63) is 0 Å². The van der Waals surface area contributed by atoms with Crippen molar-refractivity contribution in [2.24, 2.45) is 5.41 Å². The summed E-state index contributed by atoms with van der Waals surface area (Å²) in [5.74, 6) is 0. The first-order valence-electron chi connectivity index (χ1n) is 4.88. The van der Waals surface area contributed by atoms with Crippen LogP contribution >= 0.6 is 15.9 Å². The van der Waals surface area contributed by atoms with Crippen LogP contribution in [0.2, 0.25) is 0 Å². The Morgan fingerprint density at radius 2 is 2.33 bits per heavy atom. The largest absolute Gasteiger partial charge is 0.378 e. The third-order valence-electron chi connectivity index (χ3n) is 2.92. The van der Waals surface area contributed by atoms with Crippen molar-refractivity contribution in [1.29, 1.82) is 0 Å². The Hall–Kier alpha value is 0.440. The minimum absolute atomic E-state index is 0.439. The molecule has 0 N–H and O–H groups in total. The Kier molecular flexibility index (Phi) is 4.04. The average Bonchev–Trinajstić information content (AvgIpc) is 2.57. The van der Waals surface area contributed by atoms with E-state index in [4.69, 9.17) is 4.74 Å². The van der Waals surface area contributed by atoms with Gasteiger partial charge in [0.1, 0.15) is 0 Å². The topological polar surface area (TPSA) is 9.23 Å². The molecule has 0 saturated carbocycles. The lowest BCUT2D eigenvalue weighted by molar-refractivity contribution is 0.0720. The lowest BCUT2D eigenvalue weighted by atomic mass is 9.83. The fraction of sp³-hybridized carbons (Fsp3) is 1.00. The second-order valence-electron chi connectivity index (χ2n) is 4.14. The Labute approximate surface area is 84.0 Å². The van der Waals surface area contributed by atoms with Crippen LogP contribution in [-0.2, 0) is 4.74 Å². The summed E-state index contributed by atoms with van der Waals surface area (Å²) in [4.78, 5) is 0. The van der Waals surface area contributed by atoms with Gasteiger partial charge in [0.05, 0.1) is 6.10 Å². The molecule has 0 aliphatic carbocycles. The molecule has 1 heterocycles. The predicted molar refractivity (Wildman–Crippen MR) is 55.8 cm³/mol. The molecule has 2 atom stereocenters. The molecule has 0 radical (unpaired) electrons. The van der Waals surface area contributed by atoms with Crippen molar-refractivity contribution in [3.8, 4) is 0 Å². The summed E-state index contributed by atoms with van der Waals surface area (Å²) < 4.78 is 5.63. The minimum Gasteiger partial charge on any atom is -0.378 e. The van der Waals surface area contributed by atoms with Crippen molar-refractivity contribution in [2.45, 2.75) is 45.6 Å². The third kappa shape index (κ3) is 2.74. The smallest absolute Gasteiger partial charge is 0.0581 e. The molecule has 72 valence electrons. The van der Waals surface area contributed by atoms with Gasteiger partial charge in [-0.15, -0.1) is 0 Å². The van der Waals surface area contributed by atoms with Crippen LogP contribution < -0.4 is 0 Å². The van der Waals surface area contributed by atoms with E-state index in [1.807, 2.05) is 0 Å². The molecule has 0 aromatic heterocycles. The average molecular weight is 235 g/mol. The fourth-order valence-electron chi connectivity index (χ4n) is 1.65. The first-order chi connectivity index (χ1) is 5.70. The summed E-state index contributed by atoms with van der Waals surface area (Å²) in [6.45, 7) is 5.58. The van der Waals surface area contributed by atoms with E-state index in [0.29, 0.717) is 11.5 Å². The third-order valence-corrected chi connectivity index (χ3v) is 4.27. The number of alkyl halides is 1. The lowest BCUT2D eigenvalue weighted by Gasteiger charge is -2.28. The molecule has 0 aromatic carbocycles. The first-order valence-corrected chi connectivity index (χ1v) is 6.00. The monoisotopic (exact) mass is 234 g/mol. The molecule has 1 aliphatic heterocycles. The van der Waals surface area contributed by atoms with E-state index in [1.165, 1.54) is 25.7 Å². The van der Waals surface area contributed by atoms with Gasteiger partial charge in [-0.05, 0) is 31.1 Å². The molecule has 2 heteroatoms. The maximum absolute atomic E-state index is 5.63. The highest BCUT2D eigenvalue weighted by Crippen LogP contribution is 2.33. The zero-order valence-corrected chi connectivity index (χ0v) is 9.69. The molecule has 1 fully saturated rings. The summed E-state index contributed by atoms with van der Waals surface area (Å²) in [6, 6.07) is 0. The zero-order valence-electron chi connectivity index (χ0n) is 8.11. The maximum Gasteiger partial charge on any atom is 0.0581 e. The Morgan fingerprint density at radius 1 is 1.58 bits per heavy atom. The van der Waals surface area contributed by atoms with E-state index < -0.39 is 0 Å². The molecular formula is C10H19BrO. The normalized spacial score (nSPS) is 28.8. The second kappa shape index (κ2) is 4.61. The summed E-state index contributed by atoms with van der Waals surface area (Å²) in [6.07, 6.45) is 5.51. The maximum atomic E-state index is 5.63. The highest BCUT2D eigenvalue weighted by atomic mass is 79.9. The van der Waals surface area contributed by atoms with Gasteiger partial charge in [-0.25, -0.2) is 0 Å². The second-order valence-corrected chi connectivity index (χ2v) is 4.70. The van der Waals surface area contributed by atoms with Gasteiger partial charge in [0, 0.05) is 11.9 Å². The van der Waals surface area contributed by atoms with E-state index in [2.05, 4.69) is 29.8 Å². The van der Waals surface area contributed by atoms with Crippen LogP contribution in [0.5, 0.6) is 0 Å². The Bertz CT molecular complexity index is 126. The Morgan fingerprint density at radius 3 is 2.75 bits per heavy atom. The van der Waals surface area contributed by atoms with Crippen molar-refractivity contribution < 1.29 is 4.74 Å². The van der Waals surface area contributed by atoms with Crippen molar-refractivity contribution in [1.82, 2.24) is 0 Å². The molecular weight excluding hydrogens is 216 g/mol. The molecule has 1 rings (SSSR count). The summed E-state index contributed by atoms with van der Waals surface area (Å²) in [7, 11) is 0. The van der Waals surface area contributed by atoms with Gasteiger partial charge >= 0.3 is 0 Å². The van der Waals surface area contributed by atoms with E-state index in [1.54, 1.807) is 0 Å². The molecule has 2 unspecified atom stereocenters. The molecule has 0 aromatic rings. The molecule has 0 amide bonds. The number of hydrogen-bond acceptors (Lipinski definition) is 1. The fourth-order valence-corrected chi connectivity index (χ4v) is 2.27. The van der Waals surface area contributed by atoms with Crippen LogP contribution in [0.1, 0.15) is 39.5 Å². The molecule has 1 nitrogen and oxygen atoms in total. The molecule has 1 aliphatic rings. The number of ether oxygens (including phenoxy) is 1. The number of hydrogen-bond donors (Lipinski definition) is 0. The van der Waals surface area contributed by atoms with E-state index in [-0.39, 0.29) is 0 Å². The van der Waals surface area contributed by atoms with Gasteiger partial charge < -0.3 is 4.74 Å². The van der Waals surface area contributed by atoms with Crippen molar-refractivity contribution in [2.75, 3.05) is 11.9 Å². The molecule has 12 heavy (non-hydrogen) atoms. The SMILES string of the molecule is CCC(C)(CBr)CC1CCCO1. The standard InChI is InChI=1S/C10H19BrO/c1-3-10(2,8-11)7-9-5-4-6-12-9/h9H,3-8H2,1-2H3. The van der Waals surface area contributed by atoms with Crippen LogP contribution in [-0.4, -0.2) is 18.0 Å². The van der Waals surface area contributed by atoms with Crippen LogP contribution in [0.4, 0.5) is 0 Å². The highest BCUT2D eigenvalue weighted by molar-refractivity contribution is 9.09. The van der Waals surface area contributed by atoms with E-state index >= 15 is 0 Å². The van der Waals surface area contributed by atoms with Crippen LogP contribution in [0.15, 0.2) is 0 Å².